The minimum Gasteiger partial charge on any atom is -0.444 e. The number of carbonyl (C=O) groups excluding carboxylic acids is 1. The Bertz CT molecular complexity index is 1400. The molecule has 3 aromatic rings. The number of fused-ring (bicyclic) bond motifs is 2. The number of nitrogens with zero attached hydrogens (tertiary/aromatic N) is 5. The number of halogens is 1. The number of aliphatic hydroxyl groups is 1. The number of benzene rings is 1. The van der Waals surface area contributed by atoms with Crippen LogP contribution in [0.3, 0.4) is 0 Å². The van der Waals surface area contributed by atoms with E-state index in [-0.39, 0.29) is 12.1 Å². The molecule has 1 fully saturated rings. The summed E-state index contributed by atoms with van der Waals surface area (Å²) < 4.78 is 7.56. The summed E-state index contributed by atoms with van der Waals surface area (Å²) in [7, 11) is 0. The van der Waals surface area contributed by atoms with Crippen molar-refractivity contribution in [1.82, 2.24) is 24.3 Å². The molecule has 206 valence electrons. The molecule has 5 rings (SSSR count). The van der Waals surface area contributed by atoms with Crippen molar-refractivity contribution < 1.29 is 14.6 Å². The second-order valence-electron chi connectivity index (χ2n) is 11.5. The smallest absolute Gasteiger partial charge is 0.410 e. The highest BCUT2D eigenvalue weighted by Gasteiger charge is 2.38. The number of ether oxygens (including phenoxy) is 1. The van der Waals surface area contributed by atoms with Gasteiger partial charge >= 0.3 is 6.09 Å². The van der Waals surface area contributed by atoms with Gasteiger partial charge in [-0.2, -0.15) is 0 Å². The van der Waals surface area contributed by atoms with Gasteiger partial charge in [-0.15, -0.1) is 0 Å². The van der Waals surface area contributed by atoms with Crippen LogP contribution in [0, 0.1) is 6.92 Å². The Kier molecular flexibility index (Phi) is 7.31. The molecule has 2 atom stereocenters. The first-order valence-electron chi connectivity index (χ1n) is 13.3. The first-order chi connectivity index (χ1) is 18.4. The van der Waals surface area contributed by atoms with Gasteiger partial charge in [0.05, 0.1) is 18.3 Å². The second-order valence-corrected chi connectivity index (χ2v) is 12.0. The number of hydrogen-bond donors (Lipinski definition) is 1. The minimum atomic E-state index is -1.22. The molecule has 1 saturated heterocycles. The van der Waals surface area contributed by atoms with Crippen molar-refractivity contribution in [3.05, 3.63) is 82.2 Å². The van der Waals surface area contributed by atoms with E-state index in [4.69, 9.17) is 21.3 Å². The molecule has 1 aliphatic carbocycles. The number of rotatable bonds is 4. The van der Waals surface area contributed by atoms with Gasteiger partial charge in [-0.1, -0.05) is 23.7 Å². The van der Waals surface area contributed by atoms with Gasteiger partial charge in [0.1, 0.15) is 17.0 Å². The first kappa shape index (κ1) is 27.4. The zero-order valence-corrected chi connectivity index (χ0v) is 23.9. The Morgan fingerprint density at radius 1 is 1.10 bits per heavy atom. The Morgan fingerprint density at radius 2 is 1.85 bits per heavy atom. The molecule has 2 aromatic heterocycles. The summed E-state index contributed by atoms with van der Waals surface area (Å²) in [4.78, 5) is 26.0. The maximum atomic E-state index is 12.7. The molecule has 0 spiro atoms. The molecule has 1 N–H and O–H groups in total. The lowest BCUT2D eigenvalue weighted by Gasteiger charge is -2.40. The van der Waals surface area contributed by atoms with E-state index in [2.05, 4.69) is 9.88 Å². The third kappa shape index (κ3) is 5.73. The largest absolute Gasteiger partial charge is 0.444 e. The zero-order valence-electron chi connectivity index (χ0n) is 23.2. The van der Waals surface area contributed by atoms with Crippen molar-refractivity contribution >= 4 is 29.3 Å². The highest BCUT2D eigenvalue weighted by Crippen LogP contribution is 2.44. The molecule has 3 heterocycles. The van der Waals surface area contributed by atoms with E-state index in [0.717, 1.165) is 33.8 Å². The normalized spacial score (nSPS) is 19.4. The van der Waals surface area contributed by atoms with Crippen LogP contribution in [0.1, 0.15) is 61.9 Å². The van der Waals surface area contributed by atoms with E-state index < -0.39 is 11.2 Å². The van der Waals surface area contributed by atoms with Gasteiger partial charge in [0.15, 0.2) is 0 Å². The van der Waals surface area contributed by atoms with E-state index in [1.807, 2.05) is 88.0 Å². The van der Waals surface area contributed by atoms with Crippen LogP contribution in [0.5, 0.6) is 0 Å². The molecule has 1 amide bonds. The third-order valence-corrected chi connectivity index (χ3v) is 7.58. The van der Waals surface area contributed by atoms with Crippen molar-refractivity contribution in [2.45, 2.75) is 58.4 Å². The lowest BCUT2D eigenvalue weighted by atomic mass is 9.85. The Labute approximate surface area is 234 Å². The average molecular weight is 550 g/mol. The molecule has 9 heteroatoms. The number of hydrogen-bond acceptors (Lipinski definition) is 6. The lowest BCUT2D eigenvalue weighted by molar-refractivity contribution is 0.0117. The van der Waals surface area contributed by atoms with Crippen LogP contribution in [-0.2, 0) is 11.3 Å². The van der Waals surface area contributed by atoms with Crippen molar-refractivity contribution in [2.24, 2.45) is 0 Å². The third-order valence-electron chi connectivity index (χ3n) is 7.34. The van der Waals surface area contributed by atoms with Crippen LogP contribution in [0.15, 0.2) is 48.9 Å². The average Bonchev–Trinajstić information content (AvgIpc) is 3.19. The Balaban J connectivity index is 1.53. The summed E-state index contributed by atoms with van der Waals surface area (Å²) in [6.45, 7) is 12.1. The Hall–Kier alpha value is -3.20. The number of piperazine rings is 1. The molecule has 1 unspecified atom stereocenters. The molecular formula is C30H36ClN5O3. The van der Waals surface area contributed by atoms with Crippen LogP contribution >= 0.6 is 11.6 Å². The number of aromatic nitrogens is 3. The Morgan fingerprint density at radius 3 is 2.51 bits per heavy atom. The van der Waals surface area contributed by atoms with E-state index >= 15 is 0 Å². The number of carbonyl (C=O) groups is 1. The number of aryl methyl sites for hydroxylation is 1. The maximum absolute atomic E-state index is 12.7. The standard InChI is InChI=1S/C30H36ClN5O3/c1-20-32-11-12-36(20)19-30(5,38)25-17-21-7-6-10-33-26(21)27(23-9-8-22(31)18-24(23)25)34-13-15-35(16-14-34)28(37)39-29(2,3)4/h6-12,17-18,27,38H,13-16,19H2,1-5H3/t27?,30-/m1/s1. The summed E-state index contributed by atoms with van der Waals surface area (Å²) in [6.07, 6.45) is 7.18. The van der Waals surface area contributed by atoms with Gasteiger partial charge < -0.3 is 19.3 Å². The first-order valence-corrected chi connectivity index (χ1v) is 13.7. The van der Waals surface area contributed by atoms with Crippen molar-refractivity contribution in [1.29, 1.82) is 0 Å². The van der Waals surface area contributed by atoms with Gasteiger partial charge in [0, 0.05) is 49.8 Å². The SMILES string of the molecule is Cc1nccn1C[C@@](C)(O)C1=Cc2cccnc2C(N2CCN(C(=O)OC(C)(C)C)CC2)c2ccc(Cl)cc21. The number of amides is 1. The highest BCUT2D eigenvalue weighted by molar-refractivity contribution is 6.30. The summed E-state index contributed by atoms with van der Waals surface area (Å²) in [5.41, 5.74) is 2.79. The number of imidazole rings is 1. The monoisotopic (exact) mass is 549 g/mol. The number of pyridine rings is 1. The molecule has 1 aromatic carbocycles. The maximum Gasteiger partial charge on any atom is 0.410 e. The van der Waals surface area contributed by atoms with Gasteiger partial charge in [0.2, 0.25) is 0 Å². The molecule has 1 aliphatic heterocycles. The van der Waals surface area contributed by atoms with Gasteiger partial charge in [-0.3, -0.25) is 9.88 Å². The molecular weight excluding hydrogens is 514 g/mol. The summed E-state index contributed by atoms with van der Waals surface area (Å²) in [5.74, 6) is 0.832. The van der Waals surface area contributed by atoms with E-state index in [1.165, 1.54) is 0 Å². The van der Waals surface area contributed by atoms with Crippen LogP contribution in [0.25, 0.3) is 11.6 Å². The molecule has 0 bridgehead atoms. The summed E-state index contributed by atoms with van der Waals surface area (Å²) >= 11 is 6.55. The lowest BCUT2D eigenvalue weighted by Crippen LogP contribution is -2.51. The molecule has 0 saturated carbocycles. The predicted octanol–water partition coefficient (Wildman–Crippen LogP) is 5.19. The predicted molar refractivity (Wildman–Crippen MR) is 152 cm³/mol. The van der Waals surface area contributed by atoms with Crippen molar-refractivity contribution in [2.75, 3.05) is 26.2 Å². The van der Waals surface area contributed by atoms with Crippen LogP contribution in [0.2, 0.25) is 5.02 Å². The highest BCUT2D eigenvalue weighted by atomic mass is 35.5. The van der Waals surface area contributed by atoms with Crippen molar-refractivity contribution in [3.63, 3.8) is 0 Å². The molecule has 39 heavy (non-hydrogen) atoms. The van der Waals surface area contributed by atoms with Crippen LogP contribution < -0.4 is 0 Å². The molecule has 2 aliphatic rings. The summed E-state index contributed by atoms with van der Waals surface area (Å²) in [5, 5.41) is 12.6. The fourth-order valence-electron chi connectivity index (χ4n) is 5.45. The van der Waals surface area contributed by atoms with Crippen LogP contribution in [0.4, 0.5) is 4.79 Å². The second kappa shape index (κ2) is 10.4. The van der Waals surface area contributed by atoms with E-state index in [1.54, 1.807) is 11.1 Å². The summed E-state index contributed by atoms with van der Waals surface area (Å²) in [6, 6.07) is 9.66. The molecule has 0 radical (unpaired) electrons. The van der Waals surface area contributed by atoms with E-state index in [0.29, 0.717) is 37.7 Å². The van der Waals surface area contributed by atoms with Gasteiger partial charge in [-0.25, -0.2) is 9.78 Å². The van der Waals surface area contributed by atoms with Crippen molar-refractivity contribution in [3.8, 4) is 0 Å². The van der Waals surface area contributed by atoms with Gasteiger partial charge in [0.25, 0.3) is 0 Å². The topological polar surface area (TPSA) is 83.7 Å². The quantitative estimate of drug-likeness (QED) is 0.482. The van der Waals surface area contributed by atoms with E-state index in [9.17, 15) is 9.90 Å². The van der Waals surface area contributed by atoms with Gasteiger partial charge in [-0.05, 0) is 81.2 Å². The minimum absolute atomic E-state index is 0.172. The fourth-order valence-corrected chi connectivity index (χ4v) is 5.63. The fraction of sp³-hybridized carbons (Fsp3) is 0.433. The zero-order chi connectivity index (χ0) is 27.9. The molecule has 8 nitrogen and oxygen atoms in total. The van der Waals surface area contributed by atoms with Crippen LogP contribution in [-0.4, -0.2) is 72.9 Å².